The molecule has 2 aromatic heterocycles. The molecule has 3 heterocycles. The smallest absolute Gasteiger partial charge is 0.229 e. The third kappa shape index (κ3) is 3.99. The van der Waals surface area contributed by atoms with Gasteiger partial charge in [-0.3, -0.25) is 4.79 Å². The van der Waals surface area contributed by atoms with Gasteiger partial charge in [-0.05, 0) is 43.4 Å². The Balaban J connectivity index is 1.43. The molecule has 1 aliphatic rings. The lowest BCUT2D eigenvalue weighted by molar-refractivity contribution is -0.120. The first-order chi connectivity index (χ1) is 13.7. The maximum Gasteiger partial charge on any atom is 0.229 e. The van der Waals surface area contributed by atoms with E-state index in [-0.39, 0.29) is 11.8 Å². The van der Waals surface area contributed by atoms with Crippen LogP contribution >= 0.6 is 11.8 Å². The SMILES string of the molecule is CSc1ccccc1NC(=O)[C@@H]1CCCN(c2ccc(-n3cncn3)nn2)C1. The first-order valence-electron chi connectivity index (χ1n) is 9.12. The molecular weight excluding hydrogens is 374 g/mol. The molecule has 1 fully saturated rings. The molecule has 9 heteroatoms. The predicted molar refractivity (Wildman–Crippen MR) is 109 cm³/mol. The van der Waals surface area contributed by atoms with Gasteiger partial charge in [0.1, 0.15) is 12.7 Å². The fraction of sp³-hybridized carbons (Fsp3) is 0.316. The number of nitrogens with one attached hydrogen (secondary N) is 1. The molecule has 0 saturated carbocycles. The maximum absolute atomic E-state index is 12.8. The molecule has 144 valence electrons. The molecule has 4 rings (SSSR count). The minimum Gasteiger partial charge on any atom is -0.354 e. The summed E-state index contributed by atoms with van der Waals surface area (Å²) < 4.78 is 1.56. The highest BCUT2D eigenvalue weighted by molar-refractivity contribution is 7.98. The highest BCUT2D eigenvalue weighted by atomic mass is 32.2. The van der Waals surface area contributed by atoms with Crippen molar-refractivity contribution < 1.29 is 4.79 Å². The number of carbonyl (C=O) groups excluding carboxylic acids is 1. The van der Waals surface area contributed by atoms with Gasteiger partial charge < -0.3 is 10.2 Å². The van der Waals surface area contributed by atoms with Crippen LogP contribution in [0.2, 0.25) is 0 Å². The van der Waals surface area contributed by atoms with Crippen LogP contribution in [0, 0.1) is 5.92 Å². The maximum atomic E-state index is 12.8. The standard InChI is InChI=1S/C19H21N7OS/c1-28-16-7-3-2-6-15(16)22-19(27)14-5-4-10-25(11-14)17-8-9-18(24-23-17)26-13-20-12-21-26/h2-3,6-9,12-14H,4-5,10-11H2,1H3,(H,22,27)/t14-/m1/s1. The molecule has 1 atom stereocenters. The fourth-order valence-corrected chi connectivity index (χ4v) is 3.87. The summed E-state index contributed by atoms with van der Waals surface area (Å²) in [5, 5.41) is 15.7. The Morgan fingerprint density at radius 3 is 2.75 bits per heavy atom. The number of hydrogen-bond acceptors (Lipinski definition) is 7. The van der Waals surface area contributed by atoms with Gasteiger partial charge in [0.15, 0.2) is 11.6 Å². The number of amides is 1. The first-order valence-corrected chi connectivity index (χ1v) is 10.3. The molecule has 8 nitrogen and oxygen atoms in total. The number of aromatic nitrogens is 5. The Kier molecular flexibility index (Phi) is 5.52. The van der Waals surface area contributed by atoms with Gasteiger partial charge in [-0.25, -0.2) is 9.67 Å². The van der Waals surface area contributed by atoms with E-state index in [0.717, 1.165) is 35.8 Å². The van der Waals surface area contributed by atoms with E-state index in [2.05, 4.69) is 30.5 Å². The van der Waals surface area contributed by atoms with E-state index in [1.807, 2.05) is 42.7 Å². The number of rotatable bonds is 5. The number of thioether (sulfide) groups is 1. The molecule has 1 N–H and O–H groups in total. The van der Waals surface area contributed by atoms with Gasteiger partial charge in [-0.15, -0.1) is 22.0 Å². The number of hydrogen-bond donors (Lipinski definition) is 1. The van der Waals surface area contributed by atoms with Crippen molar-refractivity contribution >= 4 is 29.2 Å². The Hall–Kier alpha value is -2.94. The third-order valence-electron chi connectivity index (χ3n) is 4.77. The van der Waals surface area contributed by atoms with Crippen molar-refractivity contribution in [2.45, 2.75) is 17.7 Å². The summed E-state index contributed by atoms with van der Waals surface area (Å²) in [6.07, 6.45) is 6.86. The van der Waals surface area contributed by atoms with Gasteiger partial charge in [0.25, 0.3) is 0 Å². The van der Waals surface area contributed by atoms with E-state index in [9.17, 15) is 4.79 Å². The van der Waals surface area contributed by atoms with Gasteiger partial charge in [0.05, 0.1) is 11.6 Å². The number of nitrogens with zero attached hydrogens (tertiary/aromatic N) is 6. The lowest BCUT2D eigenvalue weighted by Crippen LogP contribution is -2.41. The minimum atomic E-state index is -0.0829. The first kappa shape index (κ1) is 18.4. The van der Waals surface area contributed by atoms with Crippen LogP contribution in [-0.4, -0.2) is 50.2 Å². The summed E-state index contributed by atoms with van der Waals surface area (Å²) in [7, 11) is 0. The Morgan fingerprint density at radius 1 is 1.18 bits per heavy atom. The summed E-state index contributed by atoms with van der Waals surface area (Å²) in [4.78, 5) is 19.9. The molecule has 0 radical (unpaired) electrons. The van der Waals surface area contributed by atoms with Crippen LogP contribution in [0.4, 0.5) is 11.5 Å². The normalized spacial score (nSPS) is 16.8. The highest BCUT2D eigenvalue weighted by Crippen LogP contribution is 2.27. The second-order valence-corrected chi connectivity index (χ2v) is 7.41. The molecule has 0 bridgehead atoms. The molecule has 0 unspecified atom stereocenters. The van der Waals surface area contributed by atoms with Gasteiger partial charge in [-0.2, -0.15) is 5.10 Å². The average molecular weight is 395 g/mol. The number of benzene rings is 1. The third-order valence-corrected chi connectivity index (χ3v) is 5.57. The zero-order chi connectivity index (χ0) is 19.3. The Morgan fingerprint density at radius 2 is 2.00 bits per heavy atom. The second kappa shape index (κ2) is 8.39. The lowest BCUT2D eigenvalue weighted by Gasteiger charge is -2.32. The van der Waals surface area contributed by atoms with E-state index in [0.29, 0.717) is 12.4 Å². The molecule has 1 aliphatic heterocycles. The molecule has 0 aliphatic carbocycles. The van der Waals surface area contributed by atoms with Crippen LogP contribution in [0.1, 0.15) is 12.8 Å². The van der Waals surface area contributed by atoms with E-state index < -0.39 is 0 Å². The van der Waals surface area contributed by atoms with Crippen LogP contribution in [0.15, 0.2) is 53.9 Å². The number of para-hydroxylation sites is 1. The highest BCUT2D eigenvalue weighted by Gasteiger charge is 2.27. The van der Waals surface area contributed by atoms with Gasteiger partial charge >= 0.3 is 0 Å². The van der Waals surface area contributed by atoms with Crippen molar-refractivity contribution in [2.75, 3.05) is 29.6 Å². The van der Waals surface area contributed by atoms with Gasteiger partial charge in [0, 0.05) is 18.0 Å². The van der Waals surface area contributed by atoms with Crippen molar-refractivity contribution in [1.29, 1.82) is 0 Å². The molecule has 28 heavy (non-hydrogen) atoms. The molecular formula is C19H21N7OS. The van der Waals surface area contributed by atoms with E-state index in [4.69, 9.17) is 0 Å². The molecule has 1 saturated heterocycles. The fourth-order valence-electron chi connectivity index (χ4n) is 3.32. The van der Waals surface area contributed by atoms with Crippen LogP contribution in [0.5, 0.6) is 0 Å². The summed E-state index contributed by atoms with van der Waals surface area (Å²) in [6.45, 7) is 1.49. The summed E-state index contributed by atoms with van der Waals surface area (Å²) >= 11 is 1.63. The topological polar surface area (TPSA) is 88.8 Å². The molecule has 3 aromatic rings. The largest absolute Gasteiger partial charge is 0.354 e. The molecule has 1 amide bonds. The monoisotopic (exact) mass is 395 g/mol. The second-order valence-electron chi connectivity index (χ2n) is 6.56. The van der Waals surface area contributed by atoms with E-state index in [1.54, 1.807) is 22.8 Å². The summed E-state index contributed by atoms with van der Waals surface area (Å²) in [6, 6.07) is 11.6. The van der Waals surface area contributed by atoms with E-state index >= 15 is 0 Å². The van der Waals surface area contributed by atoms with Crippen molar-refractivity contribution in [1.82, 2.24) is 25.0 Å². The van der Waals surface area contributed by atoms with Crippen molar-refractivity contribution in [3.05, 3.63) is 49.1 Å². The van der Waals surface area contributed by atoms with Crippen molar-refractivity contribution in [2.24, 2.45) is 5.92 Å². The Labute approximate surface area is 167 Å². The van der Waals surface area contributed by atoms with Crippen LogP contribution in [0.3, 0.4) is 0 Å². The van der Waals surface area contributed by atoms with Crippen LogP contribution < -0.4 is 10.2 Å². The van der Waals surface area contributed by atoms with Crippen LogP contribution in [-0.2, 0) is 4.79 Å². The molecule has 0 spiro atoms. The summed E-state index contributed by atoms with van der Waals surface area (Å²) in [5.41, 5.74) is 0.870. The van der Waals surface area contributed by atoms with Crippen molar-refractivity contribution in [3.63, 3.8) is 0 Å². The Bertz CT molecular complexity index is 930. The lowest BCUT2D eigenvalue weighted by atomic mass is 9.97. The zero-order valence-corrected chi connectivity index (χ0v) is 16.3. The van der Waals surface area contributed by atoms with Gasteiger partial charge in [-0.1, -0.05) is 12.1 Å². The van der Waals surface area contributed by atoms with Crippen LogP contribution in [0.25, 0.3) is 5.82 Å². The number of carbonyl (C=O) groups is 1. The minimum absolute atomic E-state index is 0.0541. The number of piperidine rings is 1. The summed E-state index contributed by atoms with van der Waals surface area (Å²) in [5.74, 6) is 1.35. The predicted octanol–water partition coefficient (Wildman–Crippen LogP) is 2.63. The van der Waals surface area contributed by atoms with Gasteiger partial charge in [0.2, 0.25) is 5.91 Å². The zero-order valence-electron chi connectivity index (χ0n) is 15.5. The number of anilines is 2. The van der Waals surface area contributed by atoms with E-state index in [1.165, 1.54) is 6.33 Å². The van der Waals surface area contributed by atoms with Crippen molar-refractivity contribution in [3.8, 4) is 5.82 Å². The molecule has 1 aromatic carbocycles. The quantitative estimate of drug-likeness (QED) is 0.664. The average Bonchev–Trinajstić information content (AvgIpc) is 3.29.